The molecule has 0 saturated heterocycles. The van der Waals surface area contributed by atoms with E-state index in [1.165, 1.54) is 0 Å². The maximum Gasteiger partial charge on any atom is 0.256 e. The van der Waals surface area contributed by atoms with Crippen LogP contribution in [0.4, 0.5) is 5.82 Å². The van der Waals surface area contributed by atoms with Gasteiger partial charge in [-0.15, -0.1) is 0 Å². The number of hydrogen-bond donors (Lipinski definition) is 2. The van der Waals surface area contributed by atoms with Crippen LogP contribution >= 0.6 is 11.6 Å². The molecule has 0 bridgehead atoms. The predicted molar refractivity (Wildman–Crippen MR) is 107 cm³/mol. The molecule has 7 heteroatoms. The van der Waals surface area contributed by atoms with Gasteiger partial charge in [0.05, 0.1) is 5.56 Å². The number of fused-ring (bicyclic) bond motifs is 1. The monoisotopic (exact) mass is 395 g/mol. The number of aromatic nitrogens is 2. The van der Waals surface area contributed by atoms with Crippen molar-refractivity contribution in [3.63, 3.8) is 0 Å². The number of amides is 1. The molecule has 4 rings (SSSR count). The molecule has 1 aliphatic heterocycles. The molecule has 0 saturated carbocycles. The largest absolute Gasteiger partial charge is 0.489 e. The van der Waals surface area contributed by atoms with Crippen LogP contribution in [-0.2, 0) is 11.4 Å². The van der Waals surface area contributed by atoms with E-state index in [4.69, 9.17) is 16.3 Å². The summed E-state index contributed by atoms with van der Waals surface area (Å²) >= 11 is 5.99. The number of aromatic amines is 1. The number of ether oxygens (including phenoxy) is 1. The molecule has 0 spiro atoms. The van der Waals surface area contributed by atoms with Gasteiger partial charge in [0.15, 0.2) is 0 Å². The molecule has 1 atom stereocenters. The summed E-state index contributed by atoms with van der Waals surface area (Å²) in [6, 6.07) is 14.9. The molecule has 1 aromatic heterocycles. The van der Waals surface area contributed by atoms with E-state index in [9.17, 15) is 9.59 Å². The van der Waals surface area contributed by atoms with Crippen LogP contribution in [0, 0.1) is 6.92 Å². The van der Waals surface area contributed by atoms with Crippen molar-refractivity contribution in [3.05, 3.63) is 86.4 Å². The number of aryl methyl sites for hydroxylation is 1. The third-order valence-corrected chi connectivity index (χ3v) is 4.88. The fourth-order valence-corrected chi connectivity index (χ4v) is 3.57. The maximum absolute atomic E-state index is 12.4. The van der Waals surface area contributed by atoms with Gasteiger partial charge in [0, 0.05) is 17.4 Å². The molecule has 2 N–H and O–H groups in total. The predicted octanol–water partition coefficient (Wildman–Crippen LogP) is 3.78. The van der Waals surface area contributed by atoms with Gasteiger partial charge in [0.2, 0.25) is 5.91 Å². The normalized spacial score (nSPS) is 15.6. The van der Waals surface area contributed by atoms with Crippen molar-refractivity contribution in [1.29, 1.82) is 0 Å². The van der Waals surface area contributed by atoms with Gasteiger partial charge in [-0.1, -0.05) is 35.9 Å². The van der Waals surface area contributed by atoms with Crippen LogP contribution in [0.5, 0.6) is 5.75 Å². The summed E-state index contributed by atoms with van der Waals surface area (Å²) in [6.07, 6.45) is 0.198. The lowest BCUT2D eigenvalue weighted by Crippen LogP contribution is -2.31. The number of carbonyl (C=O) groups excluding carboxylic acids is 1. The second-order valence-corrected chi connectivity index (χ2v) is 7.14. The molecule has 1 amide bonds. The van der Waals surface area contributed by atoms with E-state index >= 15 is 0 Å². The second-order valence-electron chi connectivity index (χ2n) is 6.71. The fraction of sp³-hybridized carbons (Fsp3) is 0.190. The van der Waals surface area contributed by atoms with Crippen LogP contribution in [0.3, 0.4) is 0 Å². The Hall–Kier alpha value is -3.12. The molecular formula is C21H18ClN3O3. The molecule has 28 heavy (non-hydrogen) atoms. The first-order chi connectivity index (χ1) is 13.5. The van der Waals surface area contributed by atoms with Gasteiger partial charge in [-0.3, -0.25) is 9.59 Å². The number of benzene rings is 2. The van der Waals surface area contributed by atoms with Gasteiger partial charge in [-0.05, 0) is 42.3 Å². The zero-order valence-electron chi connectivity index (χ0n) is 15.2. The molecule has 0 aliphatic carbocycles. The van der Waals surface area contributed by atoms with Crippen molar-refractivity contribution in [2.24, 2.45) is 0 Å². The zero-order chi connectivity index (χ0) is 19.7. The molecule has 2 heterocycles. The molecule has 6 nitrogen and oxygen atoms in total. The van der Waals surface area contributed by atoms with Gasteiger partial charge in [-0.2, -0.15) is 0 Å². The van der Waals surface area contributed by atoms with Crippen molar-refractivity contribution >= 4 is 23.3 Å². The number of halogens is 1. The number of rotatable bonds is 4. The van der Waals surface area contributed by atoms with Gasteiger partial charge in [-0.25, -0.2) is 4.98 Å². The lowest BCUT2D eigenvalue weighted by Gasteiger charge is -2.24. The Morgan fingerprint density at radius 3 is 2.71 bits per heavy atom. The fourth-order valence-electron chi connectivity index (χ4n) is 3.36. The third kappa shape index (κ3) is 3.77. The lowest BCUT2D eigenvalue weighted by molar-refractivity contribution is -0.116. The minimum absolute atomic E-state index is 0.156. The van der Waals surface area contributed by atoms with E-state index in [0.717, 1.165) is 11.1 Å². The average molecular weight is 396 g/mol. The minimum Gasteiger partial charge on any atom is -0.489 e. The summed E-state index contributed by atoms with van der Waals surface area (Å²) in [5.41, 5.74) is 2.09. The summed E-state index contributed by atoms with van der Waals surface area (Å²) in [7, 11) is 0. The number of anilines is 1. The molecule has 1 unspecified atom stereocenters. The van der Waals surface area contributed by atoms with Gasteiger partial charge in [0.25, 0.3) is 5.56 Å². The van der Waals surface area contributed by atoms with Gasteiger partial charge >= 0.3 is 0 Å². The number of carbonyl (C=O) groups is 1. The van der Waals surface area contributed by atoms with E-state index < -0.39 is 0 Å². The first kappa shape index (κ1) is 18.3. The molecule has 0 radical (unpaired) electrons. The Bertz CT molecular complexity index is 1090. The number of hydrogen-bond acceptors (Lipinski definition) is 4. The first-order valence-corrected chi connectivity index (χ1v) is 9.25. The van der Waals surface area contributed by atoms with Crippen molar-refractivity contribution in [2.45, 2.75) is 25.9 Å². The number of nitrogens with one attached hydrogen (secondary N) is 2. The molecule has 2 aromatic carbocycles. The highest BCUT2D eigenvalue weighted by Gasteiger charge is 2.30. The van der Waals surface area contributed by atoms with E-state index in [1.54, 1.807) is 6.92 Å². The molecule has 3 aromatic rings. The first-order valence-electron chi connectivity index (χ1n) is 8.87. The van der Waals surface area contributed by atoms with Crippen LogP contribution in [0.15, 0.2) is 53.3 Å². The van der Waals surface area contributed by atoms with Crippen LogP contribution < -0.4 is 15.6 Å². The highest BCUT2D eigenvalue weighted by Crippen LogP contribution is 2.34. The Morgan fingerprint density at radius 2 is 1.96 bits per heavy atom. The van der Waals surface area contributed by atoms with Crippen molar-refractivity contribution < 1.29 is 9.53 Å². The van der Waals surface area contributed by atoms with Crippen molar-refractivity contribution in [1.82, 2.24) is 9.97 Å². The maximum atomic E-state index is 12.4. The minimum atomic E-state index is -0.345. The van der Waals surface area contributed by atoms with Gasteiger partial charge in [0.1, 0.15) is 24.0 Å². The summed E-state index contributed by atoms with van der Waals surface area (Å²) in [5.74, 6) is 0.997. The summed E-state index contributed by atoms with van der Waals surface area (Å²) < 4.78 is 5.80. The van der Waals surface area contributed by atoms with Gasteiger partial charge < -0.3 is 15.0 Å². The van der Waals surface area contributed by atoms with E-state index in [0.29, 0.717) is 34.6 Å². The average Bonchev–Trinajstić information content (AvgIpc) is 2.65. The summed E-state index contributed by atoms with van der Waals surface area (Å²) in [5, 5.41) is 3.36. The summed E-state index contributed by atoms with van der Waals surface area (Å²) in [4.78, 5) is 31.5. The Kier molecular flexibility index (Phi) is 4.88. The topological polar surface area (TPSA) is 84.1 Å². The van der Waals surface area contributed by atoms with Crippen molar-refractivity contribution in [2.75, 3.05) is 5.32 Å². The Balaban J connectivity index is 1.56. The molecule has 142 valence electrons. The Labute approximate surface area is 166 Å². The molecular weight excluding hydrogens is 378 g/mol. The quantitative estimate of drug-likeness (QED) is 0.704. The standard InChI is InChI=1S/C21H18ClN3O3/c1-12-23-20-19(21(27)24-12)17(10-18(26)25-20)14-5-7-16(8-6-14)28-11-13-3-2-4-15(22)9-13/h2-9,17H,10-11H2,1H3,(H2,23,24,25,26,27). The molecule has 0 fully saturated rings. The highest BCUT2D eigenvalue weighted by molar-refractivity contribution is 6.30. The smallest absolute Gasteiger partial charge is 0.256 e. The van der Waals surface area contributed by atoms with E-state index in [-0.39, 0.29) is 23.8 Å². The molecule has 1 aliphatic rings. The van der Waals surface area contributed by atoms with E-state index in [1.807, 2.05) is 48.5 Å². The SMILES string of the molecule is Cc1nc2c(c(=O)[nH]1)C(c1ccc(OCc3cccc(Cl)c3)cc1)CC(=O)N2. The number of H-pyrrole nitrogens is 1. The van der Waals surface area contributed by atoms with E-state index in [2.05, 4.69) is 15.3 Å². The third-order valence-electron chi connectivity index (χ3n) is 4.65. The number of nitrogens with zero attached hydrogens (tertiary/aromatic N) is 1. The van der Waals surface area contributed by atoms with Crippen LogP contribution in [0.2, 0.25) is 5.02 Å². The zero-order valence-corrected chi connectivity index (χ0v) is 15.9. The summed E-state index contributed by atoms with van der Waals surface area (Å²) in [6.45, 7) is 2.08. The lowest BCUT2D eigenvalue weighted by atomic mass is 9.87. The Morgan fingerprint density at radius 1 is 1.18 bits per heavy atom. The highest BCUT2D eigenvalue weighted by atomic mass is 35.5. The van der Waals surface area contributed by atoms with Crippen LogP contribution in [-0.4, -0.2) is 15.9 Å². The van der Waals surface area contributed by atoms with Crippen LogP contribution in [0.25, 0.3) is 0 Å². The second kappa shape index (κ2) is 7.48. The van der Waals surface area contributed by atoms with Crippen LogP contribution in [0.1, 0.15) is 34.9 Å². The van der Waals surface area contributed by atoms with Crippen molar-refractivity contribution in [3.8, 4) is 5.75 Å².